The second kappa shape index (κ2) is 5.77. The molecule has 21 heavy (non-hydrogen) atoms. The Labute approximate surface area is 125 Å². The summed E-state index contributed by atoms with van der Waals surface area (Å²) in [5.41, 5.74) is 0.530. The predicted octanol–water partition coefficient (Wildman–Crippen LogP) is 2.55. The number of carboxylic acid groups (broad SMARTS) is 1. The van der Waals surface area contributed by atoms with Crippen LogP contribution < -0.4 is 4.72 Å². The highest BCUT2D eigenvalue weighted by Gasteiger charge is 2.30. The minimum absolute atomic E-state index is 0.00534. The van der Waals surface area contributed by atoms with Gasteiger partial charge in [-0.15, -0.1) is 0 Å². The van der Waals surface area contributed by atoms with Gasteiger partial charge in [0, 0.05) is 6.54 Å². The van der Waals surface area contributed by atoms with Crippen molar-refractivity contribution in [2.45, 2.75) is 44.4 Å². The van der Waals surface area contributed by atoms with Gasteiger partial charge in [0.15, 0.2) is 0 Å². The molecule has 0 heterocycles. The molecule has 2 rings (SSSR count). The molecule has 6 heteroatoms. The van der Waals surface area contributed by atoms with Gasteiger partial charge in [-0.2, -0.15) is 0 Å². The minimum Gasteiger partial charge on any atom is -0.478 e. The third-order valence-electron chi connectivity index (χ3n) is 4.22. The lowest BCUT2D eigenvalue weighted by atomic mass is 9.89. The van der Waals surface area contributed by atoms with Crippen LogP contribution in [0, 0.1) is 12.3 Å². The van der Waals surface area contributed by atoms with E-state index in [-0.39, 0.29) is 15.9 Å². The first-order chi connectivity index (χ1) is 9.73. The Morgan fingerprint density at radius 2 is 1.95 bits per heavy atom. The molecular formula is C15H21NO4S. The van der Waals surface area contributed by atoms with E-state index in [0.29, 0.717) is 12.1 Å². The number of rotatable bonds is 5. The zero-order chi connectivity index (χ0) is 15.7. The summed E-state index contributed by atoms with van der Waals surface area (Å²) in [7, 11) is -3.69. The lowest BCUT2D eigenvalue weighted by molar-refractivity contribution is 0.0696. The van der Waals surface area contributed by atoms with Gasteiger partial charge in [0.05, 0.1) is 10.5 Å². The van der Waals surface area contributed by atoms with E-state index < -0.39 is 16.0 Å². The number of carboxylic acids is 1. The largest absolute Gasteiger partial charge is 0.478 e. The summed E-state index contributed by atoms with van der Waals surface area (Å²) < 4.78 is 27.5. The molecule has 0 unspecified atom stereocenters. The molecular weight excluding hydrogens is 290 g/mol. The first-order valence-corrected chi connectivity index (χ1v) is 8.55. The topological polar surface area (TPSA) is 83.5 Å². The zero-order valence-electron chi connectivity index (χ0n) is 12.3. The lowest BCUT2D eigenvalue weighted by Crippen LogP contribution is -2.34. The molecule has 1 aliphatic carbocycles. The average molecular weight is 311 g/mol. The van der Waals surface area contributed by atoms with Crippen molar-refractivity contribution in [3.05, 3.63) is 29.3 Å². The summed E-state index contributed by atoms with van der Waals surface area (Å²) in [5.74, 6) is -1.13. The number of aryl methyl sites for hydroxylation is 1. The number of benzene rings is 1. The highest BCUT2D eigenvalue weighted by Crippen LogP contribution is 2.37. The van der Waals surface area contributed by atoms with Crippen LogP contribution >= 0.6 is 0 Å². The summed E-state index contributed by atoms with van der Waals surface area (Å²) in [5, 5.41) is 8.99. The van der Waals surface area contributed by atoms with Crippen LogP contribution in [0.2, 0.25) is 0 Å². The molecule has 0 aliphatic heterocycles. The number of hydrogen-bond donors (Lipinski definition) is 2. The van der Waals surface area contributed by atoms with E-state index in [2.05, 4.69) is 11.6 Å². The third-order valence-corrected chi connectivity index (χ3v) is 5.77. The van der Waals surface area contributed by atoms with Gasteiger partial charge in [0.2, 0.25) is 10.0 Å². The molecule has 1 aromatic carbocycles. The molecule has 0 radical (unpaired) electrons. The normalized spacial score (nSPS) is 17.8. The maximum absolute atomic E-state index is 12.4. The zero-order valence-corrected chi connectivity index (χ0v) is 13.2. The van der Waals surface area contributed by atoms with Gasteiger partial charge < -0.3 is 5.11 Å². The van der Waals surface area contributed by atoms with Crippen molar-refractivity contribution in [3.8, 4) is 0 Å². The van der Waals surface area contributed by atoms with E-state index in [4.69, 9.17) is 5.11 Å². The van der Waals surface area contributed by atoms with Crippen molar-refractivity contribution in [3.63, 3.8) is 0 Å². The quantitative estimate of drug-likeness (QED) is 0.875. The lowest BCUT2D eigenvalue weighted by Gasteiger charge is -2.23. The molecule has 1 aliphatic rings. The molecule has 0 aromatic heterocycles. The number of sulfonamides is 1. The Kier molecular flexibility index (Phi) is 4.39. The van der Waals surface area contributed by atoms with Crippen molar-refractivity contribution in [2.24, 2.45) is 5.41 Å². The van der Waals surface area contributed by atoms with Crippen molar-refractivity contribution < 1.29 is 18.3 Å². The maximum atomic E-state index is 12.4. The summed E-state index contributed by atoms with van der Waals surface area (Å²) >= 11 is 0. The first-order valence-electron chi connectivity index (χ1n) is 7.07. The van der Waals surface area contributed by atoms with Crippen molar-refractivity contribution in [1.82, 2.24) is 4.72 Å². The van der Waals surface area contributed by atoms with Crippen LogP contribution in [0.5, 0.6) is 0 Å². The van der Waals surface area contributed by atoms with Crippen molar-refractivity contribution in [1.29, 1.82) is 0 Å². The molecule has 2 N–H and O–H groups in total. The summed E-state index contributed by atoms with van der Waals surface area (Å²) in [6.45, 7) is 4.15. The predicted molar refractivity (Wildman–Crippen MR) is 79.9 cm³/mol. The molecule has 0 spiro atoms. The van der Waals surface area contributed by atoms with E-state index in [1.165, 1.54) is 18.2 Å². The average Bonchev–Trinajstić information content (AvgIpc) is 2.84. The van der Waals surface area contributed by atoms with Crippen LogP contribution in [0.15, 0.2) is 23.1 Å². The van der Waals surface area contributed by atoms with Crippen molar-refractivity contribution in [2.75, 3.05) is 6.54 Å². The molecule has 0 saturated heterocycles. The second-order valence-electron chi connectivity index (χ2n) is 6.13. The summed E-state index contributed by atoms with van der Waals surface area (Å²) in [6.07, 6.45) is 4.30. The fourth-order valence-electron chi connectivity index (χ4n) is 2.77. The smallest absolute Gasteiger partial charge is 0.335 e. The van der Waals surface area contributed by atoms with Crippen molar-refractivity contribution >= 4 is 16.0 Å². The maximum Gasteiger partial charge on any atom is 0.335 e. The van der Waals surface area contributed by atoms with Gasteiger partial charge in [-0.05, 0) is 42.9 Å². The SMILES string of the molecule is Cc1ccc(C(=O)O)cc1S(=O)(=O)NCC1(C)CCCC1. The molecule has 0 bridgehead atoms. The monoisotopic (exact) mass is 311 g/mol. The Balaban J connectivity index is 2.23. The second-order valence-corrected chi connectivity index (χ2v) is 7.86. The molecule has 0 amide bonds. The Morgan fingerprint density at radius 3 is 2.52 bits per heavy atom. The number of carbonyl (C=O) groups is 1. The Hall–Kier alpha value is -1.40. The van der Waals surface area contributed by atoms with Gasteiger partial charge >= 0.3 is 5.97 Å². The Morgan fingerprint density at radius 1 is 1.33 bits per heavy atom. The van der Waals surface area contributed by atoms with E-state index in [1.54, 1.807) is 6.92 Å². The van der Waals surface area contributed by atoms with Gasteiger partial charge in [0.25, 0.3) is 0 Å². The summed E-state index contributed by atoms with van der Waals surface area (Å²) in [4.78, 5) is 11.0. The molecule has 1 aromatic rings. The van der Waals surface area contributed by atoms with Crippen LogP contribution in [0.3, 0.4) is 0 Å². The van der Waals surface area contributed by atoms with Gasteiger partial charge in [-0.1, -0.05) is 25.8 Å². The van der Waals surface area contributed by atoms with Crippen LogP contribution in [0.4, 0.5) is 0 Å². The first kappa shape index (κ1) is 16.0. The highest BCUT2D eigenvalue weighted by molar-refractivity contribution is 7.89. The van der Waals surface area contributed by atoms with Gasteiger partial charge in [-0.25, -0.2) is 17.9 Å². The third kappa shape index (κ3) is 3.63. The van der Waals surface area contributed by atoms with Gasteiger partial charge in [0.1, 0.15) is 0 Å². The fourth-order valence-corrected chi connectivity index (χ4v) is 4.24. The van der Waals surface area contributed by atoms with E-state index in [1.807, 2.05) is 0 Å². The molecule has 0 atom stereocenters. The minimum atomic E-state index is -3.69. The van der Waals surface area contributed by atoms with Crippen LogP contribution in [-0.2, 0) is 10.0 Å². The van der Waals surface area contributed by atoms with E-state index >= 15 is 0 Å². The van der Waals surface area contributed by atoms with E-state index in [0.717, 1.165) is 25.7 Å². The Bertz CT molecular complexity index is 646. The number of nitrogens with one attached hydrogen (secondary N) is 1. The number of hydrogen-bond acceptors (Lipinski definition) is 3. The van der Waals surface area contributed by atoms with Crippen LogP contribution in [0.25, 0.3) is 0 Å². The van der Waals surface area contributed by atoms with Crippen LogP contribution in [-0.4, -0.2) is 26.0 Å². The molecule has 1 saturated carbocycles. The van der Waals surface area contributed by atoms with E-state index in [9.17, 15) is 13.2 Å². The fraction of sp³-hybridized carbons (Fsp3) is 0.533. The number of aromatic carboxylic acids is 1. The van der Waals surface area contributed by atoms with Crippen LogP contribution in [0.1, 0.15) is 48.5 Å². The molecule has 116 valence electrons. The van der Waals surface area contributed by atoms with Gasteiger partial charge in [-0.3, -0.25) is 0 Å². The standard InChI is InChI=1S/C15H21NO4S/c1-11-5-6-12(14(17)18)9-13(11)21(19,20)16-10-15(2)7-3-4-8-15/h5-6,9,16H,3-4,7-8,10H2,1-2H3,(H,17,18). The molecule has 5 nitrogen and oxygen atoms in total. The summed E-state index contributed by atoms with van der Waals surface area (Å²) in [6, 6.07) is 4.15. The highest BCUT2D eigenvalue weighted by atomic mass is 32.2. The molecule has 1 fully saturated rings.